The zero-order chi connectivity index (χ0) is 9.80. The van der Waals surface area contributed by atoms with Gasteiger partial charge < -0.3 is 11.1 Å². The molecule has 1 fully saturated rings. The van der Waals surface area contributed by atoms with Crippen molar-refractivity contribution in [3.05, 3.63) is 29.8 Å². The Morgan fingerprint density at radius 1 is 1.36 bits per heavy atom. The summed E-state index contributed by atoms with van der Waals surface area (Å²) in [5.74, 6) is 0. The van der Waals surface area contributed by atoms with Crippen LogP contribution in [0.3, 0.4) is 0 Å². The van der Waals surface area contributed by atoms with Gasteiger partial charge in [0, 0.05) is 11.7 Å². The zero-order valence-electron chi connectivity index (χ0n) is 8.50. The van der Waals surface area contributed by atoms with E-state index in [4.69, 9.17) is 5.73 Å². The van der Waals surface area contributed by atoms with Gasteiger partial charge in [-0.3, -0.25) is 0 Å². The van der Waals surface area contributed by atoms with E-state index >= 15 is 0 Å². The van der Waals surface area contributed by atoms with E-state index in [1.54, 1.807) is 0 Å². The molecule has 0 radical (unpaired) electrons. The molecule has 0 saturated carbocycles. The Hall–Kier alpha value is -1.02. The molecule has 1 aliphatic rings. The van der Waals surface area contributed by atoms with Gasteiger partial charge in [-0.2, -0.15) is 0 Å². The highest BCUT2D eigenvalue weighted by Crippen LogP contribution is 2.16. The van der Waals surface area contributed by atoms with Crippen molar-refractivity contribution in [1.29, 1.82) is 0 Å². The molecule has 0 aliphatic carbocycles. The molecule has 14 heavy (non-hydrogen) atoms. The van der Waals surface area contributed by atoms with Crippen molar-refractivity contribution in [1.82, 2.24) is 5.32 Å². The molecule has 1 aromatic carbocycles. The molecule has 1 aromatic rings. The Morgan fingerprint density at radius 3 is 2.93 bits per heavy atom. The lowest BCUT2D eigenvalue weighted by Gasteiger charge is -2.10. The lowest BCUT2D eigenvalue weighted by molar-refractivity contribution is 0.559. The molecule has 0 bridgehead atoms. The maximum atomic E-state index is 5.88. The van der Waals surface area contributed by atoms with E-state index < -0.39 is 0 Å². The van der Waals surface area contributed by atoms with Crippen LogP contribution in [-0.2, 0) is 6.42 Å². The van der Waals surface area contributed by atoms with E-state index in [1.807, 2.05) is 12.1 Å². The van der Waals surface area contributed by atoms with Crippen molar-refractivity contribution in [2.75, 3.05) is 12.3 Å². The van der Waals surface area contributed by atoms with Crippen LogP contribution in [-0.4, -0.2) is 12.6 Å². The first kappa shape index (κ1) is 9.53. The number of hydrogen-bond donors (Lipinski definition) is 2. The average Bonchev–Trinajstić information content (AvgIpc) is 2.69. The molecule has 1 unspecified atom stereocenters. The molecule has 2 rings (SSSR count). The van der Waals surface area contributed by atoms with E-state index in [0.29, 0.717) is 0 Å². The lowest BCUT2D eigenvalue weighted by atomic mass is 10.0. The molecule has 0 aromatic heterocycles. The topological polar surface area (TPSA) is 38.0 Å². The number of nitrogens with one attached hydrogen (secondary N) is 1. The molecular formula is C12H18N2. The highest BCUT2D eigenvalue weighted by Gasteiger charge is 2.13. The van der Waals surface area contributed by atoms with Crippen LogP contribution >= 0.6 is 0 Å². The molecular weight excluding hydrogens is 172 g/mol. The van der Waals surface area contributed by atoms with Crippen molar-refractivity contribution in [3.8, 4) is 0 Å². The molecule has 2 nitrogen and oxygen atoms in total. The fourth-order valence-corrected chi connectivity index (χ4v) is 2.09. The second-order valence-electron chi connectivity index (χ2n) is 4.03. The molecule has 1 heterocycles. The number of para-hydroxylation sites is 1. The third-order valence-electron chi connectivity index (χ3n) is 2.98. The Labute approximate surface area is 85.5 Å². The van der Waals surface area contributed by atoms with Gasteiger partial charge >= 0.3 is 0 Å². The summed E-state index contributed by atoms with van der Waals surface area (Å²) in [6.45, 7) is 1.19. The summed E-state index contributed by atoms with van der Waals surface area (Å²) in [6.07, 6.45) is 4.97. The minimum Gasteiger partial charge on any atom is -0.399 e. The van der Waals surface area contributed by atoms with Crippen LogP contribution in [0.5, 0.6) is 0 Å². The van der Waals surface area contributed by atoms with Crippen molar-refractivity contribution in [2.45, 2.75) is 31.7 Å². The van der Waals surface area contributed by atoms with E-state index in [0.717, 1.165) is 18.2 Å². The van der Waals surface area contributed by atoms with E-state index in [1.165, 1.54) is 31.4 Å². The minimum atomic E-state index is 0.717. The van der Waals surface area contributed by atoms with Crippen LogP contribution in [0.2, 0.25) is 0 Å². The molecule has 1 aliphatic heterocycles. The third-order valence-corrected chi connectivity index (χ3v) is 2.98. The smallest absolute Gasteiger partial charge is 0.0346 e. The van der Waals surface area contributed by atoms with Crippen LogP contribution in [0.15, 0.2) is 24.3 Å². The summed E-state index contributed by atoms with van der Waals surface area (Å²) in [5, 5.41) is 3.51. The van der Waals surface area contributed by atoms with Crippen LogP contribution in [0, 0.1) is 0 Å². The van der Waals surface area contributed by atoms with Crippen molar-refractivity contribution in [3.63, 3.8) is 0 Å². The second kappa shape index (κ2) is 4.47. The second-order valence-corrected chi connectivity index (χ2v) is 4.03. The number of rotatable bonds is 3. The number of benzene rings is 1. The van der Waals surface area contributed by atoms with Gasteiger partial charge in [0.05, 0.1) is 0 Å². The number of anilines is 1. The molecule has 1 saturated heterocycles. The summed E-state index contributed by atoms with van der Waals surface area (Å²) < 4.78 is 0. The van der Waals surface area contributed by atoms with Gasteiger partial charge in [0.1, 0.15) is 0 Å². The molecule has 3 N–H and O–H groups in total. The van der Waals surface area contributed by atoms with Crippen LogP contribution in [0.1, 0.15) is 24.8 Å². The molecule has 0 amide bonds. The summed E-state index contributed by atoms with van der Waals surface area (Å²) >= 11 is 0. The van der Waals surface area contributed by atoms with E-state index in [-0.39, 0.29) is 0 Å². The van der Waals surface area contributed by atoms with Crippen molar-refractivity contribution in [2.24, 2.45) is 0 Å². The van der Waals surface area contributed by atoms with Gasteiger partial charge in [0.2, 0.25) is 0 Å². The monoisotopic (exact) mass is 190 g/mol. The Balaban J connectivity index is 1.88. The largest absolute Gasteiger partial charge is 0.399 e. The summed E-state index contributed by atoms with van der Waals surface area (Å²) in [4.78, 5) is 0. The van der Waals surface area contributed by atoms with E-state index in [9.17, 15) is 0 Å². The maximum absolute atomic E-state index is 5.88. The van der Waals surface area contributed by atoms with E-state index in [2.05, 4.69) is 17.4 Å². The maximum Gasteiger partial charge on any atom is 0.0346 e. The Kier molecular flexibility index (Phi) is 3.04. The first-order valence-corrected chi connectivity index (χ1v) is 5.43. The van der Waals surface area contributed by atoms with Gasteiger partial charge in [-0.25, -0.2) is 0 Å². The van der Waals surface area contributed by atoms with Crippen molar-refractivity contribution >= 4 is 5.69 Å². The SMILES string of the molecule is Nc1ccccc1CCC1CCCN1. The molecule has 1 atom stereocenters. The summed E-state index contributed by atoms with van der Waals surface area (Å²) in [6, 6.07) is 8.89. The fourth-order valence-electron chi connectivity index (χ4n) is 2.09. The highest BCUT2D eigenvalue weighted by molar-refractivity contribution is 5.46. The van der Waals surface area contributed by atoms with Gasteiger partial charge in [-0.1, -0.05) is 18.2 Å². The predicted octanol–water partition coefficient (Wildman–Crippen LogP) is 1.95. The standard InChI is InChI=1S/C12H18N2/c13-12-6-2-1-4-10(12)7-8-11-5-3-9-14-11/h1-2,4,6,11,14H,3,5,7-9,13H2. The lowest BCUT2D eigenvalue weighted by Crippen LogP contribution is -2.21. The van der Waals surface area contributed by atoms with Gasteiger partial charge in [-0.15, -0.1) is 0 Å². The zero-order valence-corrected chi connectivity index (χ0v) is 8.50. The number of hydrogen-bond acceptors (Lipinski definition) is 2. The average molecular weight is 190 g/mol. The van der Waals surface area contributed by atoms with Gasteiger partial charge in [0.15, 0.2) is 0 Å². The van der Waals surface area contributed by atoms with Gasteiger partial charge in [-0.05, 0) is 43.9 Å². The van der Waals surface area contributed by atoms with Crippen molar-refractivity contribution < 1.29 is 0 Å². The number of nitrogen functional groups attached to an aromatic ring is 1. The quantitative estimate of drug-likeness (QED) is 0.715. The number of aryl methyl sites for hydroxylation is 1. The first-order valence-electron chi connectivity index (χ1n) is 5.43. The predicted molar refractivity (Wildman–Crippen MR) is 60.2 cm³/mol. The molecule has 2 heteroatoms. The summed E-state index contributed by atoms with van der Waals surface area (Å²) in [7, 11) is 0. The highest BCUT2D eigenvalue weighted by atomic mass is 14.9. The van der Waals surface area contributed by atoms with Gasteiger partial charge in [0.25, 0.3) is 0 Å². The Morgan fingerprint density at radius 2 is 2.21 bits per heavy atom. The van der Waals surface area contributed by atoms with Crippen LogP contribution < -0.4 is 11.1 Å². The number of nitrogens with two attached hydrogens (primary N) is 1. The first-order chi connectivity index (χ1) is 6.86. The third kappa shape index (κ3) is 2.26. The minimum absolute atomic E-state index is 0.717. The van der Waals surface area contributed by atoms with Crippen LogP contribution in [0.4, 0.5) is 5.69 Å². The molecule has 0 spiro atoms. The normalized spacial score (nSPS) is 21.3. The van der Waals surface area contributed by atoms with Crippen LogP contribution in [0.25, 0.3) is 0 Å². The fraction of sp³-hybridized carbons (Fsp3) is 0.500. The molecule has 76 valence electrons. The summed E-state index contributed by atoms with van der Waals surface area (Å²) in [5.41, 5.74) is 8.11. The Bertz CT molecular complexity index is 290.